The molecule has 0 aromatic carbocycles. The minimum atomic E-state index is -1.93. The standard InChI is InChI=1S/C70H114O34/c1-26-38(74)44(80)49(85)59(94-26)101-54-32(22-72)97-57(52(88)47(54)83)92-24-33-42(78)46(82)51(87)61(98-33)104-64(90)70-18-16-65(3,4)20-29(70)28-10-11-36-67(7)14-13-37(66(5,6)35(67)12-15-69(36,9)68(28,8)17-19-70)100-63-56(43(79)34(25-93-63)99-60-50(86)45(81)41(77)31(21-71)96-60)103-62-53(89)55(39(75)27(2)95-62)102-58-48(84)40(76)30(73)23-91-58/h10,26-27,29-63,71-89H,11-25H2,1-9H3/t26-,27-,29-,30-,31+,32+,33+,34-,35-,36+,37-,38-,39-,40-,41+,42+,43-,44+,45-,46-,47+,48+,49+,50+,51+,52+,53+,54+,55+,56+,57+,58-,59-,60-,61-,62-,63-,67-,68+,69+,70-/m0/s1. The molecule has 0 bridgehead atoms. The first-order valence-corrected chi connectivity index (χ1v) is 36.9. The lowest BCUT2D eigenvalue weighted by atomic mass is 9.33. The maximum absolute atomic E-state index is 15.4. The van der Waals surface area contributed by atoms with Gasteiger partial charge in [0.25, 0.3) is 0 Å². The summed E-state index contributed by atoms with van der Waals surface area (Å²) in [6, 6.07) is 0. The summed E-state index contributed by atoms with van der Waals surface area (Å²) in [5.74, 6) is -0.845. The molecule has 5 aliphatic carbocycles. The average molecular weight is 1500 g/mol. The van der Waals surface area contributed by atoms with E-state index in [1.54, 1.807) is 0 Å². The Bertz CT molecular complexity index is 2950. The summed E-state index contributed by atoms with van der Waals surface area (Å²) in [5, 5.41) is 207. The normalized spacial score (nSPS) is 54.7. The maximum atomic E-state index is 15.4. The van der Waals surface area contributed by atoms with Crippen LogP contribution in [-0.2, 0) is 71.1 Å². The Labute approximate surface area is 602 Å². The first kappa shape index (κ1) is 81.4. The number of carbonyl (C=O) groups is 1. The topological polar surface area (TPSA) is 531 Å². The van der Waals surface area contributed by atoms with Crippen molar-refractivity contribution in [3.63, 3.8) is 0 Å². The summed E-state index contributed by atoms with van der Waals surface area (Å²) >= 11 is 0. The lowest BCUT2D eigenvalue weighted by molar-refractivity contribution is -0.388. The van der Waals surface area contributed by atoms with Crippen LogP contribution in [0, 0.1) is 50.2 Å². The molecular weight excluding hydrogens is 1380 g/mol. The second-order valence-electron chi connectivity index (χ2n) is 33.8. The minimum absolute atomic E-state index is 0.0177. The predicted molar refractivity (Wildman–Crippen MR) is 346 cm³/mol. The Morgan fingerprint density at radius 2 is 1.01 bits per heavy atom. The van der Waals surface area contributed by atoms with Crippen LogP contribution in [0.4, 0.5) is 0 Å². The third kappa shape index (κ3) is 14.3. The molecule has 34 heteroatoms. The fourth-order valence-corrected chi connectivity index (χ4v) is 20.2. The number of hydrogen-bond donors (Lipinski definition) is 19. The van der Waals surface area contributed by atoms with Crippen molar-refractivity contribution in [1.29, 1.82) is 0 Å². The van der Waals surface area contributed by atoms with E-state index < -0.39 is 264 Å². The van der Waals surface area contributed by atoms with E-state index in [9.17, 15) is 97.0 Å². The van der Waals surface area contributed by atoms with Gasteiger partial charge in [-0.25, -0.2) is 0 Å². The third-order valence-electron chi connectivity index (χ3n) is 26.9. The van der Waals surface area contributed by atoms with E-state index in [-0.39, 0.29) is 34.0 Å². The Balaban J connectivity index is 0.742. The minimum Gasteiger partial charge on any atom is -0.432 e. The van der Waals surface area contributed by atoms with Gasteiger partial charge in [-0.3, -0.25) is 4.79 Å². The van der Waals surface area contributed by atoms with Crippen molar-refractivity contribution in [2.45, 2.75) is 335 Å². The molecular formula is C70H114O34. The fraction of sp³-hybridized carbons (Fsp3) is 0.957. The van der Waals surface area contributed by atoms with Crippen LogP contribution in [0.5, 0.6) is 0 Å². The van der Waals surface area contributed by atoms with Crippen LogP contribution in [0.15, 0.2) is 11.6 Å². The van der Waals surface area contributed by atoms with Gasteiger partial charge in [-0.1, -0.05) is 60.1 Å². The van der Waals surface area contributed by atoms with Crippen LogP contribution in [0.3, 0.4) is 0 Å². The number of allylic oxidation sites excluding steroid dienone is 2. The lowest BCUT2D eigenvalue weighted by Crippen LogP contribution is -2.67. The van der Waals surface area contributed by atoms with E-state index in [0.29, 0.717) is 51.4 Å². The number of aliphatic hydroxyl groups excluding tert-OH is 19. The Morgan fingerprint density at radius 1 is 0.462 bits per heavy atom. The van der Waals surface area contributed by atoms with Gasteiger partial charge in [-0.05, 0) is 123 Å². The Hall–Kier alpha value is -2.07. The SMILES string of the molecule is C[C@@H]1O[C@@H](O[C@H]2[C@H](O)[C@@H](O)[C@H](OC[C@H]3O[C@@H](OC(=O)[C@]45CCC(C)(C)C[C@H]4C4=CC[C@@H]6[C@@]7(C)CC[C@H](O[C@@H]8OC[C@H](O[C@@H]9O[C@H](CO)[C@@H](O)[C@H](O)[C@H]9O)[C@H](O)[C@H]8O[C@@H]8O[C@@H](C)[C@H](O)[C@@H](O[C@@H]9OC[C@H](O)[C@H](O)[C@H]9O)[C@H]8O)C(C)(C)[C@@H]7CC[C@@]6(C)[C@]4(C)CC5)[C@H](O)[C@@H](O)[C@@H]3O)O[C@@H]2CO)[C@H](O)[C@H](O)[C@H]1O. The van der Waals surface area contributed by atoms with E-state index in [1.165, 1.54) is 13.8 Å². The van der Waals surface area contributed by atoms with Gasteiger partial charge < -0.3 is 163 Å². The van der Waals surface area contributed by atoms with Gasteiger partial charge in [0.05, 0.1) is 56.8 Å². The number of ether oxygens (including phenoxy) is 14. The molecule has 0 amide bonds. The van der Waals surface area contributed by atoms with Crippen molar-refractivity contribution in [2.24, 2.45) is 50.2 Å². The fourth-order valence-electron chi connectivity index (χ4n) is 20.2. The van der Waals surface area contributed by atoms with E-state index in [0.717, 1.165) is 18.4 Å². The molecule has 41 atom stereocenters. The number of hydrogen-bond acceptors (Lipinski definition) is 34. The second kappa shape index (κ2) is 30.8. The predicted octanol–water partition coefficient (Wildman–Crippen LogP) is -5.23. The zero-order chi connectivity index (χ0) is 75.7. The monoisotopic (exact) mass is 1500 g/mol. The Morgan fingerprint density at radius 3 is 1.68 bits per heavy atom. The van der Waals surface area contributed by atoms with Crippen molar-refractivity contribution >= 4 is 5.97 Å². The molecule has 12 aliphatic rings. The van der Waals surface area contributed by atoms with E-state index in [2.05, 4.69) is 54.5 Å². The highest BCUT2D eigenvalue weighted by Crippen LogP contribution is 2.76. The smallest absolute Gasteiger partial charge is 0.315 e. The lowest BCUT2D eigenvalue weighted by Gasteiger charge is -2.71. The molecule has 19 N–H and O–H groups in total. The number of rotatable bonds is 17. The van der Waals surface area contributed by atoms with Crippen molar-refractivity contribution in [1.82, 2.24) is 0 Å². The Kier molecular flexibility index (Phi) is 24.1. The van der Waals surface area contributed by atoms with Crippen molar-refractivity contribution in [2.75, 3.05) is 33.0 Å². The molecule has 12 rings (SSSR count). The number of aliphatic hydroxyl groups is 19. The quantitative estimate of drug-likeness (QED) is 0.0368. The molecule has 4 saturated carbocycles. The molecule has 104 heavy (non-hydrogen) atoms. The molecule has 7 heterocycles. The van der Waals surface area contributed by atoms with Gasteiger partial charge in [0.15, 0.2) is 37.7 Å². The molecule has 0 radical (unpaired) electrons. The third-order valence-corrected chi connectivity index (χ3v) is 26.9. The van der Waals surface area contributed by atoms with Crippen LogP contribution in [-0.4, -0.2) is 345 Å². The van der Waals surface area contributed by atoms with Crippen molar-refractivity contribution in [3.8, 4) is 0 Å². The maximum Gasteiger partial charge on any atom is 0.315 e. The van der Waals surface area contributed by atoms with E-state index in [4.69, 9.17) is 66.3 Å². The molecule has 7 aliphatic heterocycles. The summed E-state index contributed by atoms with van der Waals surface area (Å²) in [7, 11) is 0. The molecule has 11 fully saturated rings. The molecule has 0 aromatic rings. The summed E-state index contributed by atoms with van der Waals surface area (Å²) in [5.41, 5.74) is -1.86. The molecule has 34 nitrogen and oxygen atoms in total. The van der Waals surface area contributed by atoms with Gasteiger partial charge in [-0.2, -0.15) is 0 Å². The number of esters is 1. The van der Waals surface area contributed by atoms with Crippen LogP contribution in [0.1, 0.15) is 127 Å². The zero-order valence-corrected chi connectivity index (χ0v) is 60.2. The summed E-state index contributed by atoms with van der Waals surface area (Å²) in [6.45, 7) is 15.4. The van der Waals surface area contributed by atoms with Crippen LogP contribution in [0.2, 0.25) is 0 Å². The molecule has 0 unspecified atom stereocenters. The summed E-state index contributed by atoms with van der Waals surface area (Å²) < 4.78 is 84.1. The second-order valence-corrected chi connectivity index (χ2v) is 33.8. The summed E-state index contributed by atoms with van der Waals surface area (Å²) in [4.78, 5) is 15.4. The van der Waals surface area contributed by atoms with Crippen molar-refractivity contribution in [3.05, 3.63) is 11.6 Å². The molecule has 7 saturated heterocycles. The van der Waals surface area contributed by atoms with Gasteiger partial charge in [-0.15, -0.1) is 0 Å². The van der Waals surface area contributed by atoms with E-state index >= 15 is 4.79 Å². The highest BCUT2D eigenvalue weighted by atomic mass is 16.8. The first-order chi connectivity index (χ1) is 48.8. The molecule has 0 aromatic heterocycles. The molecule has 0 spiro atoms. The van der Waals surface area contributed by atoms with Gasteiger partial charge in [0.2, 0.25) is 6.29 Å². The molecule has 598 valence electrons. The number of fused-ring (bicyclic) bond motifs is 7. The van der Waals surface area contributed by atoms with Crippen LogP contribution < -0.4 is 0 Å². The average Bonchev–Trinajstić information content (AvgIpc) is 0.674. The van der Waals surface area contributed by atoms with Gasteiger partial charge in [0.1, 0.15) is 146 Å². The van der Waals surface area contributed by atoms with Crippen molar-refractivity contribution < 1.29 is 168 Å². The van der Waals surface area contributed by atoms with Gasteiger partial charge >= 0.3 is 5.97 Å². The highest BCUT2D eigenvalue weighted by Gasteiger charge is 2.71. The van der Waals surface area contributed by atoms with Gasteiger partial charge in [0, 0.05) is 0 Å². The zero-order valence-electron chi connectivity index (χ0n) is 60.2. The van der Waals surface area contributed by atoms with Crippen LogP contribution >= 0.6 is 0 Å². The number of carbonyl (C=O) groups excluding carboxylic acids is 1. The van der Waals surface area contributed by atoms with Crippen LogP contribution in [0.25, 0.3) is 0 Å². The first-order valence-electron chi connectivity index (χ1n) is 36.9. The summed E-state index contributed by atoms with van der Waals surface area (Å²) in [6.07, 6.45) is -46.6. The largest absolute Gasteiger partial charge is 0.432 e. The van der Waals surface area contributed by atoms with E-state index in [1.807, 2.05) is 0 Å². The highest BCUT2D eigenvalue weighted by molar-refractivity contribution is 5.79.